The Bertz CT molecular complexity index is 480. The molecule has 0 spiro atoms. The second-order valence-corrected chi connectivity index (χ2v) is 5.22. The van der Waals surface area contributed by atoms with E-state index in [1.165, 1.54) is 0 Å². The minimum absolute atomic E-state index is 0.0824. The van der Waals surface area contributed by atoms with Crippen molar-refractivity contribution in [2.75, 3.05) is 19.7 Å². The third-order valence-electron chi connectivity index (χ3n) is 3.20. The summed E-state index contributed by atoms with van der Waals surface area (Å²) in [7, 11) is 0. The molecule has 0 saturated heterocycles. The van der Waals surface area contributed by atoms with Crippen LogP contribution in [0.25, 0.3) is 0 Å². The summed E-state index contributed by atoms with van der Waals surface area (Å²) in [5.74, 6) is -0.334. The van der Waals surface area contributed by atoms with Gasteiger partial charge in [-0.15, -0.1) is 0 Å². The highest BCUT2D eigenvalue weighted by atomic mass is 35.5. The van der Waals surface area contributed by atoms with Crippen LogP contribution in [0.2, 0.25) is 5.02 Å². The molecular weight excluding hydrogens is 292 g/mol. The van der Waals surface area contributed by atoms with Crippen LogP contribution in [0.4, 0.5) is 0 Å². The summed E-state index contributed by atoms with van der Waals surface area (Å²) >= 11 is 5.80. The van der Waals surface area contributed by atoms with Crippen LogP contribution in [-0.4, -0.2) is 36.6 Å². The van der Waals surface area contributed by atoms with Crippen molar-refractivity contribution in [2.45, 2.75) is 19.8 Å². The molecule has 0 heterocycles. The normalized spacial score (nSPS) is 11.8. The number of hydrogen-bond donors (Lipinski definition) is 3. The number of amides is 2. The van der Waals surface area contributed by atoms with E-state index in [1.807, 2.05) is 6.92 Å². The third-order valence-corrected chi connectivity index (χ3v) is 3.43. The fourth-order valence-electron chi connectivity index (χ4n) is 1.85. The molecule has 1 unspecified atom stereocenters. The summed E-state index contributed by atoms with van der Waals surface area (Å²) < 4.78 is 0. The zero-order chi connectivity index (χ0) is 15.7. The zero-order valence-corrected chi connectivity index (χ0v) is 12.8. The van der Waals surface area contributed by atoms with Gasteiger partial charge < -0.3 is 15.7 Å². The standard InChI is InChI=1S/C15H21ClN2O3/c1-2-11(6-7-19)9-17-14(20)10-18-15(21)12-4-3-5-13(16)8-12/h3-5,8,11,19H,2,6-7,9-10H2,1H3,(H,17,20)(H,18,21). The molecule has 1 atom stereocenters. The largest absolute Gasteiger partial charge is 0.396 e. The molecule has 2 amide bonds. The summed E-state index contributed by atoms with van der Waals surface area (Å²) in [5.41, 5.74) is 0.419. The lowest BCUT2D eigenvalue weighted by atomic mass is 10.0. The average Bonchev–Trinajstić information content (AvgIpc) is 2.48. The molecule has 21 heavy (non-hydrogen) atoms. The molecule has 0 radical (unpaired) electrons. The van der Waals surface area contributed by atoms with E-state index in [-0.39, 0.29) is 30.9 Å². The molecule has 1 aromatic rings. The summed E-state index contributed by atoms with van der Waals surface area (Å²) in [6.45, 7) is 2.54. The molecule has 3 N–H and O–H groups in total. The predicted octanol–water partition coefficient (Wildman–Crippen LogP) is 1.59. The van der Waals surface area contributed by atoms with Crippen LogP contribution in [0.3, 0.4) is 0 Å². The Labute approximate surface area is 129 Å². The molecule has 6 heteroatoms. The van der Waals surface area contributed by atoms with E-state index in [0.29, 0.717) is 23.6 Å². The lowest BCUT2D eigenvalue weighted by Crippen LogP contribution is -2.39. The Hall–Kier alpha value is -1.59. The van der Waals surface area contributed by atoms with Gasteiger partial charge in [-0.1, -0.05) is 31.0 Å². The lowest BCUT2D eigenvalue weighted by Gasteiger charge is -2.14. The molecule has 0 aliphatic carbocycles. The van der Waals surface area contributed by atoms with Crippen LogP contribution in [0.5, 0.6) is 0 Å². The summed E-state index contributed by atoms with van der Waals surface area (Å²) in [6.07, 6.45) is 1.54. The van der Waals surface area contributed by atoms with Gasteiger partial charge in [-0.05, 0) is 30.5 Å². The second kappa shape index (κ2) is 9.37. The van der Waals surface area contributed by atoms with Crippen LogP contribution in [-0.2, 0) is 4.79 Å². The average molecular weight is 313 g/mol. The molecule has 0 fully saturated rings. The number of aliphatic hydroxyl groups excluding tert-OH is 1. The van der Waals surface area contributed by atoms with Crippen LogP contribution in [0.1, 0.15) is 30.1 Å². The molecule has 1 aromatic carbocycles. The van der Waals surface area contributed by atoms with Crippen molar-refractivity contribution in [3.63, 3.8) is 0 Å². The van der Waals surface area contributed by atoms with Crippen molar-refractivity contribution in [1.29, 1.82) is 0 Å². The zero-order valence-electron chi connectivity index (χ0n) is 12.1. The highest BCUT2D eigenvalue weighted by molar-refractivity contribution is 6.30. The fourth-order valence-corrected chi connectivity index (χ4v) is 2.04. The number of aliphatic hydroxyl groups is 1. The van der Waals surface area contributed by atoms with E-state index in [9.17, 15) is 9.59 Å². The summed E-state index contributed by atoms with van der Waals surface area (Å²) in [5, 5.41) is 14.6. The Balaban J connectivity index is 2.34. The molecule has 0 saturated carbocycles. The van der Waals surface area contributed by atoms with Crippen molar-refractivity contribution >= 4 is 23.4 Å². The number of halogens is 1. The van der Waals surface area contributed by atoms with Gasteiger partial charge in [-0.2, -0.15) is 0 Å². The SMILES string of the molecule is CCC(CCO)CNC(=O)CNC(=O)c1cccc(Cl)c1. The quantitative estimate of drug-likeness (QED) is 0.682. The van der Waals surface area contributed by atoms with E-state index >= 15 is 0 Å². The highest BCUT2D eigenvalue weighted by Gasteiger charge is 2.10. The molecule has 5 nitrogen and oxygen atoms in total. The van der Waals surface area contributed by atoms with Crippen molar-refractivity contribution in [2.24, 2.45) is 5.92 Å². The van der Waals surface area contributed by atoms with Crippen molar-refractivity contribution in [3.8, 4) is 0 Å². The number of nitrogens with one attached hydrogen (secondary N) is 2. The molecule has 0 aliphatic heterocycles. The van der Waals surface area contributed by atoms with Gasteiger partial charge >= 0.3 is 0 Å². The minimum Gasteiger partial charge on any atom is -0.396 e. The maximum absolute atomic E-state index is 11.8. The lowest BCUT2D eigenvalue weighted by molar-refractivity contribution is -0.120. The summed E-state index contributed by atoms with van der Waals surface area (Å²) in [6, 6.07) is 6.53. The Morgan fingerprint density at radius 1 is 1.33 bits per heavy atom. The van der Waals surface area contributed by atoms with Gasteiger partial charge in [0.15, 0.2) is 0 Å². The first-order chi connectivity index (χ1) is 10.1. The van der Waals surface area contributed by atoms with Crippen LogP contribution >= 0.6 is 11.6 Å². The molecular formula is C15H21ClN2O3. The van der Waals surface area contributed by atoms with E-state index in [4.69, 9.17) is 16.7 Å². The van der Waals surface area contributed by atoms with Crippen LogP contribution in [0.15, 0.2) is 24.3 Å². The van der Waals surface area contributed by atoms with Gasteiger partial charge in [-0.3, -0.25) is 9.59 Å². The highest BCUT2D eigenvalue weighted by Crippen LogP contribution is 2.10. The van der Waals surface area contributed by atoms with E-state index in [2.05, 4.69) is 10.6 Å². The van der Waals surface area contributed by atoms with Crippen molar-refractivity contribution < 1.29 is 14.7 Å². The Morgan fingerprint density at radius 2 is 2.10 bits per heavy atom. The number of benzene rings is 1. The predicted molar refractivity (Wildman–Crippen MR) is 82.3 cm³/mol. The van der Waals surface area contributed by atoms with Gasteiger partial charge in [0.25, 0.3) is 5.91 Å². The van der Waals surface area contributed by atoms with Crippen LogP contribution < -0.4 is 10.6 Å². The number of hydrogen-bond acceptors (Lipinski definition) is 3. The first-order valence-electron chi connectivity index (χ1n) is 6.98. The number of carbonyl (C=O) groups excluding carboxylic acids is 2. The Kier molecular flexibility index (Phi) is 7.79. The Morgan fingerprint density at radius 3 is 2.71 bits per heavy atom. The number of carbonyl (C=O) groups is 2. The molecule has 116 valence electrons. The first-order valence-corrected chi connectivity index (χ1v) is 7.36. The van der Waals surface area contributed by atoms with Crippen molar-refractivity contribution in [3.05, 3.63) is 34.9 Å². The van der Waals surface area contributed by atoms with Crippen LogP contribution in [0, 0.1) is 5.92 Å². The molecule has 0 bridgehead atoms. The van der Waals surface area contributed by atoms with E-state index in [0.717, 1.165) is 6.42 Å². The maximum Gasteiger partial charge on any atom is 0.251 e. The van der Waals surface area contributed by atoms with E-state index in [1.54, 1.807) is 24.3 Å². The fraction of sp³-hybridized carbons (Fsp3) is 0.467. The van der Waals surface area contributed by atoms with Gasteiger partial charge in [-0.25, -0.2) is 0 Å². The first kappa shape index (κ1) is 17.5. The third kappa shape index (κ3) is 6.60. The van der Waals surface area contributed by atoms with E-state index < -0.39 is 0 Å². The topological polar surface area (TPSA) is 78.4 Å². The monoisotopic (exact) mass is 312 g/mol. The van der Waals surface area contributed by atoms with Gasteiger partial charge in [0.1, 0.15) is 0 Å². The molecule has 0 aromatic heterocycles. The minimum atomic E-state index is -0.338. The molecule has 0 aliphatic rings. The summed E-state index contributed by atoms with van der Waals surface area (Å²) in [4.78, 5) is 23.5. The smallest absolute Gasteiger partial charge is 0.251 e. The maximum atomic E-state index is 11.8. The van der Waals surface area contributed by atoms with Gasteiger partial charge in [0.2, 0.25) is 5.91 Å². The number of rotatable bonds is 8. The van der Waals surface area contributed by atoms with Crippen molar-refractivity contribution in [1.82, 2.24) is 10.6 Å². The van der Waals surface area contributed by atoms with Gasteiger partial charge in [0.05, 0.1) is 6.54 Å². The van der Waals surface area contributed by atoms with Gasteiger partial charge in [0, 0.05) is 23.7 Å². The second-order valence-electron chi connectivity index (χ2n) is 4.78. The molecule has 1 rings (SSSR count).